The van der Waals surface area contributed by atoms with Crippen LogP contribution in [0.5, 0.6) is 5.75 Å². The van der Waals surface area contributed by atoms with Gasteiger partial charge in [0.15, 0.2) is 0 Å². The summed E-state index contributed by atoms with van der Waals surface area (Å²) in [4.78, 5) is 0. The van der Waals surface area contributed by atoms with Crippen LogP contribution in [0.4, 0.5) is 13.2 Å². The Hall–Kier alpha value is -0.940. The Bertz CT molecular complexity index is 432. The molecular weight excluding hydrogens is 279 g/mol. The van der Waals surface area contributed by atoms with Gasteiger partial charge in [0.1, 0.15) is 5.75 Å². The maximum absolute atomic E-state index is 12.1. The van der Waals surface area contributed by atoms with Gasteiger partial charge >= 0.3 is 6.18 Å². The predicted molar refractivity (Wildman–Crippen MR) is 67.5 cm³/mol. The molecule has 1 N–H and O–H groups in total. The zero-order chi connectivity index (χ0) is 13.9. The van der Waals surface area contributed by atoms with E-state index in [-0.39, 0.29) is 0 Å². The van der Waals surface area contributed by atoms with Gasteiger partial charge in [0.25, 0.3) is 0 Å². The minimum atomic E-state index is -4.21. The SMILES string of the molecule is FC(F)(F)CCOc1c(Cl)cccc1CNC1CC1. The number of ether oxygens (including phenoxy) is 1. The van der Waals surface area contributed by atoms with Gasteiger partial charge in [-0.15, -0.1) is 0 Å². The van der Waals surface area contributed by atoms with Crippen LogP contribution in [0.2, 0.25) is 5.02 Å². The first-order chi connectivity index (χ1) is 8.96. The molecular formula is C13H15ClF3NO. The van der Waals surface area contributed by atoms with Crippen molar-refractivity contribution in [3.8, 4) is 5.75 Å². The molecule has 0 heterocycles. The molecule has 0 spiro atoms. The Morgan fingerprint density at radius 3 is 2.68 bits per heavy atom. The first kappa shape index (κ1) is 14.5. The standard InChI is InChI=1S/C13H15ClF3NO/c14-11-3-1-2-9(8-18-10-4-5-10)12(11)19-7-6-13(15,16)17/h1-3,10,18H,4-8H2. The summed E-state index contributed by atoms with van der Waals surface area (Å²) < 4.78 is 41.5. The van der Waals surface area contributed by atoms with E-state index in [4.69, 9.17) is 16.3 Å². The average molecular weight is 294 g/mol. The topological polar surface area (TPSA) is 21.3 Å². The third kappa shape index (κ3) is 4.91. The molecule has 6 heteroatoms. The lowest BCUT2D eigenvalue weighted by Crippen LogP contribution is -2.17. The van der Waals surface area contributed by atoms with Crippen molar-refractivity contribution in [2.45, 2.75) is 38.0 Å². The van der Waals surface area contributed by atoms with Gasteiger partial charge in [-0.3, -0.25) is 0 Å². The third-order valence-electron chi connectivity index (χ3n) is 2.84. The normalized spacial score (nSPS) is 15.6. The van der Waals surface area contributed by atoms with Crippen LogP contribution in [0.3, 0.4) is 0 Å². The predicted octanol–water partition coefficient (Wildman–Crippen LogP) is 3.92. The molecule has 1 saturated carbocycles. The van der Waals surface area contributed by atoms with E-state index in [2.05, 4.69) is 5.32 Å². The van der Waals surface area contributed by atoms with Crippen LogP contribution in [0, 0.1) is 0 Å². The summed E-state index contributed by atoms with van der Waals surface area (Å²) in [5, 5.41) is 3.63. The highest BCUT2D eigenvalue weighted by molar-refractivity contribution is 6.32. The minimum Gasteiger partial charge on any atom is -0.491 e. The molecule has 0 bridgehead atoms. The molecule has 1 aliphatic rings. The van der Waals surface area contributed by atoms with Crippen LogP contribution in [0.1, 0.15) is 24.8 Å². The van der Waals surface area contributed by atoms with E-state index in [1.807, 2.05) is 6.07 Å². The monoisotopic (exact) mass is 293 g/mol. The smallest absolute Gasteiger partial charge is 0.392 e. The number of hydrogen-bond donors (Lipinski definition) is 1. The van der Waals surface area contributed by atoms with Crippen LogP contribution < -0.4 is 10.1 Å². The molecule has 1 aromatic rings. The van der Waals surface area contributed by atoms with Gasteiger partial charge in [0, 0.05) is 18.2 Å². The molecule has 0 amide bonds. The van der Waals surface area contributed by atoms with E-state index in [0.717, 1.165) is 18.4 Å². The van der Waals surface area contributed by atoms with Crippen molar-refractivity contribution in [2.75, 3.05) is 6.61 Å². The molecule has 0 aliphatic heterocycles. The fourth-order valence-corrected chi connectivity index (χ4v) is 1.91. The van der Waals surface area contributed by atoms with Gasteiger partial charge < -0.3 is 10.1 Å². The molecule has 1 aromatic carbocycles. The second-order valence-electron chi connectivity index (χ2n) is 4.60. The fraction of sp³-hybridized carbons (Fsp3) is 0.538. The van der Waals surface area contributed by atoms with E-state index in [0.29, 0.717) is 23.4 Å². The van der Waals surface area contributed by atoms with Gasteiger partial charge in [-0.25, -0.2) is 0 Å². The number of para-hydroxylation sites is 1. The number of hydrogen-bond acceptors (Lipinski definition) is 2. The van der Waals surface area contributed by atoms with Gasteiger partial charge in [-0.1, -0.05) is 23.7 Å². The Morgan fingerprint density at radius 1 is 1.32 bits per heavy atom. The number of benzene rings is 1. The minimum absolute atomic E-state index is 0.345. The maximum Gasteiger partial charge on any atom is 0.392 e. The molecule has 0 aromatic heterocycles. The molecule has 0 saturated heterocycles. The Labute approximate surface area is 114 Å². The second-order valence-corrected chi connectivity index (χ2v) is 5.00. The van der Waals surface area contributed by atoms with Crippen molar-refractivity contribution in [1.82, 2.24) is 5.32 Å². The number of halogens is 4. The molecule has 2 nitrogen and oxygen atoms in total. The summed E-state index contributed by atoms with van der Waals surface area (Å²) in [6.45, 7) is 0.149. The van der Waals surface area contributed by atoms with Gasteiger partial charge in [-0.05, 0) is 18.9 Å². The van der Waals surface area contributed by atoms with Gasteiger partial charge in [0.05, 0.1) is 18.1 Å². The molecule has 106 valence electrons. The van der Waals surface area contributed by atoms with E-state index in [1.165, 1.54) is 0 Å². The number of rotatable bonds is 6. The summed E-state index contributed by atoms with van der Waals surface area (Å²) in [5.74, 6) is 0.349. The third-order valence-corrected chi connectivity index (χ3v) is 3.14. The highest BCUT2D eigenvalue weighted by atomic mass is 35.5. The number of nitrogens with one attached hydrogen (secondary N) is 1. The molecule has 19 heavy (non-hydrogen) atoms. The summed E-state index contributed by atoms with van der Waals surface area (Å²) >= 11 is 5.98. The van der Waals surface area contributed by atoms with Crippen LogP contribution >= 0.6 is 11.6 Å². The van der Waals surface area contributed by atoms with Crippen molar-refractivity contribution in [3.05, 3.63) is 28.8 Å². The Balaban J connectivity index is 1.95. The molecule has 1 fully saturated rings. The summed E-state index contributed by atoms with van der Waals surface area (Å²) in [6.07, 6.45) is -2.91. The molecule has 2 rings (SSSR count). The van der Waals surface area contributed by atoms with E-state index in [9.17, 15) is 13.2 Å². The van der Waals surface area contributed by atoms with Crippen molar-refractivity contribution in [2.24, 2.45) is 0 Å². The molecule has 0 atom stereocenters. The van der Waals surface area contributed by atoms with E-state index >= 15 is 0 Å². The largest absolute Gasteiger partial charge is 0.491 e. The van der Waals surface area contributed by atoms with Crippen molar-refractivity contribution < 1.29 is 17.9 Å². The number of alkyl halides is 3. The zero-order valence-electron chi connectivity index (χ0n) is 10.3. The van der Waals surface area contributed by atoms with Crippen molar-refractivity contribution in [3.63, 3.8) is 0 Å². The van der Waals surface area contributed by atoms with Crippen LogP contribution in [0.25, 0.3) is 0 Å². The summed E-state index contributed by atoms with van der Waals surface area (Å²) in [7, 11) is 0. The molecule has 0 radical (unpaired) electrons. The molecule has 1 aliphatic carbocycles. The lowest BCUT2D eigenvalue weighted by atomic mass is 10.2. The zero-order valence-corrected chi connectivity index (χ0v) is 11.0. The van der Waals surface area contributed by atoms with Crippen molar-refractivity contribution in [1.29, 1.82) is 0 Å². The van der Waals surface area contributed by atoms with E-state index in [1.54, 1.807) is 12.1 Å². The lowest BCUT2D eigenvalue weighted by Gasteiger charge is -2.14. The van der Waals surface area contributed by atoms with Crippen molar-refractivity contribution >= 4 is 11.6 Å². The summed E-state index contributed by atoms with van der Waals surface area (Å²) in [6, 6.07) is 5.71. The van der Waals surface area contributed by atoms with Crippen LogP contribution in [0.15, 0.2) is 18.2 Å². The Morgan fingerprint density at radius 2 is 2.05 bits per heavy atom. The first-order valence-electron chi connectivity index (χ1n) is 6.16. The van der Waals surface area contributed by atoms with Crippen LogP contribution in [-0.2, 0) is 6.54 Å². The first-order valence-corrected chi connectivity index (χ1v) is 6.54. The highest BCUT2D eigenvalue weighted by Crippen LogP contribution is 2.30. The average Bonchev–Trinajstić information content (AvgIpc) is 3.11. The summed E-state index contributed by atoms with van der Waals surface area (Å²) in [5.41, 5.74) is 0.793. The lowest BCUT2D eigenvalue weighted by molar-refractivity contribution is -0.139. The maximum atomic E-state index is 12.1. The fourth-order valence-electron chi connectivity index (χ4n) is 1.66. The van der Waals surface area contributed by atoms with Gasteiger partial charge in [-0.2, -0.15) is 13.2 Å². The second kappa shape index (κ2) is 6.01. The van der Waals surface area contributed by atoms with E-state index < -0.39 is 19.2 Å². The quantitative estimate of drug-likeness (QED) is 0.858. The van der Waals surface area contributed by atoms with Crippen LogP contribution in [-0.4, -0.2) is 18.8 Å². The Kier molecular flexibility index (Phi) is 4.58. The highest BCUT2D eigenvalue weighted by Gasteiger charge is 2.27. The van der Waals surface area contributed by atoms with Gasteiger partial charge in [0.2, 0.25) is 0 Å². The molecule has 0 unspecified atom stereocenters.